The second-order valence-corrected chi connectivity index (χ2v) is 4.85. The summed E-state index contributed by atoms with van der Waals surface area (Å²) in [5.41, 5.74) is 1.36. The first-order valence-electron chi connectivity index (χ1n) is 5.62. The van der Waals surface area contributed by atoms with Gasteiger partial charge in [0.05, 0.1) is 5.56 Å². The standard InChI is InChI=1S/C14H9BrN2O2/c15-10-7-5-9(6-8-10)13-16-17-14(19-13)11-3-1-2-4-12(11)18/h1-8,18H. The fourth-order valence-corrected chi connectivity index (χ4v) is 1.96. The van der Waals surface area contributed by atoms with Gasteiger partial charge in [-0.05, 0) is 36.4 Å². The molecular weight excluding hydrogens is 308 g/mol. The van der Waals surface area contributed by atoms with Crippen molar-refractivity contribution in [3.8, 4) is 28.7 Å². The number of rotatable bonds is 2. The Labute approximate surface area is 117 Å². The summed E-state index contributed by atoms with van der Waals surface area (Å²) in [6.45, 7) is 0. The van der Waals surface area contributed by atoms with Crippen LogP contribution in [0.25, 0.3) is 22.9 Å². The van der Waals surface area contributed by atoms with Crippen LogP contribution in [0.2, 0.25) is 0 Å². The van der Waals surface area contributed by atoms with E-state index < -0.39 is 0 Å². The lowest BCUT2D eigenvalue weighted by atomic mass is 10.2. The van der Waals surface area contributed by atoms with E-state index in [1.807, 2.05) is 24.3 Å². The lowest BCUT2D eigenvalue weighted by molar-refractivity contribution is 0.473. The van der Waals surface area contributed by atoms with Gasteiger partial charge in [-0.15, -0.1) is 10.2 Å². The molecular formula is C14H9BrN2O2. The molecule has 1 N–H and O–H groups in total. The van der Waals surface area contributed by atoms with Gasteiger partial charge in [-0.1, -0.05) is 28.1 Å². The molecule has 19 heavy (non-hydrogen) atoms. The van der Waals surface area contributed by atoms with E-state index in [0.29, 0.717) is 17.3 Å². The van der Waals surface area contributed by atoms with Crippen LogP contribution in [0, 0.1) is 0 Å². The van der Waals surface area contributed by atoms with Crippen molar-refractivity contribution in [3.05, 3.63) is 53.0 Å². The first-order chi connectivity index (χ1) is 9.24. The first-order valence-corrected chi connectivity index (χ1v) is 6.41. The number of benzene rings is 2. The van der Waals surface area contributed by atoms with Gasteiger partial charge in [0.1, 0.15) is 5.75 Å². The Balaban J connectivity index is 2.00. The zero-order valence-corrected chi connectivity index (χ0v) is 11.3. The number of aromatic hydroxyl groups is 1. The number of hydrogen-bond acceptors (Lipinski definition) is 4. The molecule has 0 atom stereocenters. The van der Waals surface area contributed by atoms with Crippen LogP contribution in [-0.2, 0) is 0 Å². The summed E-state index contributed by atoms with van der Waals surface area (Å²) in [7, 11) is 0. The average molecular weight is 317 g/mol. The number of para-hydroxylation sites is 1. The maximum atomic E-state index is 9.75. The third-order valence-electron chi connectivity index (χ3n) is 2.65. The van der Waals surface area contributed by atoms with E-state index in [1.165, 1.54) is 0 Å². The number of hydrogen-bond donors (Lipinski definition) is 1. The fraction of sp³-hybridized carbons (Fsp3) is 0. The molecule has 0 aliphatic rings. The van der Waals surface area contributed by atoms with E-state index in [4.69, 9.17) is 4.42 Å². The highest BCUT2D eigenvalue weighted by atomic mass is 79.9. The lowest BCUT2D eigenvalue weighted by Gasteiger charge is -1.98. The second-order valence-electron chi connectivity index (χ2n) is 3.94. The van der Waals surface area contributed by atoms with E-state index in [1.54, 1.807) is 24.3 Å². The normalized spacial score (nSPS) is 10.6. The highest BCUT2D eigenvalue weighted by Crippen LogP contribution is 2.30. The third kappa shape index (κ3) is 2.37. The molecule has 1 aromatic heterocycles. The highest BCUT2D eigenvalue weighted by Gasteiger charge is 2.12. The van der Waals surface area contributed by atoms with Crippen LogP contribution < -0.4 is 0 Å². The van der Waals surface area contributed by atoms with Crippen molar-refractivity contribution in [1.82, 2.24) is 10.2 Å². The van der Waals surface area contributed by atoms with E-state index >= 15 is 0 Å². The molecule has 0 unspecified atom stereocenters. The van der Waals surface area contributed by atoms with E-state index in [2.05, 4.69) is 26.1 Å². The van der Waals surface area contributed by atoms with Crippen molar-refractivity contribution in [1.29, 1.82) is 0 Å². The van der Waals surface area contributed by atoms with Crippen LogP contribution in [0.1, 0.15) is 0 Å². The van der Waals surface area contributed by atoms with Gasteiger partial charge < -0.3 is 9.52 Å². The highest BCUT2D eigenvalue weighted by molar-refractivity contribution is 9.10. The zero-order chi connectivity index (χ0) is 13.2. The Morgan fingerprint density at radius 3 is 2.32 bits per heavy atom. The molecule has 0 saturated carbocycles. The van der Waals surface area contributed by atoms with Crippen LogP contribution in [-0.4, -0.2) is 15.3 Å². The van der Waals surface area contributed by atoms with Crippen molar-refractivity contribution < 1.29 is 9.52 Å². The van der Waals surface area contributed by atoms with Gasteiger partial charge in [-0.25, -0.2) is 0 Å². The Kier molecular flexibility index (Phi) is 3.05. The molecule has 0 fully saturated rings. The fourth-order valence-electron chi connectivity index (χ4n) is 1.70. The average Bonchev–Trinajstić information content (AvgIpc) is 2.89. The number of nitrogens with zero attached hydrogens (tertiary/aromatic N) is 2. The second kappa shape index (κ2) is 4.85. The number of phenolic OH excluding ortho intramolecular Hbond substituents is 1. The molecule has 3 rings (SSSR count). The molecule has 0 aliphatic heterocycles. The van der Waals surface area contributed by atoms with Gasteiger partial charge in [0.2, 0.25) is 5.89 Å². The minimum absolute atomic E-state index is 0.119. The Morgan fingerprint density at radius 1 is 0.895 bits per heavy atom. The van der Waals surface area contributed by atoms with Crippen LogP contribution >= 0.6 is 15.9 Å². The maximum Gasteiger partial charge on any atom is 0.251 e. The van der Waals surface area contributed by atoms with Crippen LogP contribution in [0.5, 0.6) is 5.75 Å². The molecule has 2 aromatic carbocycles. The van der Waals surface area contributed by atoms with E-state index in [0.717, 1.165) is 10.0 Å². The van der Waals surface area contributed by atoms with Crippen molar-refractivity contribution in [2.75, 3.05) is 0 Å². The summed E-state index contributed by atoms with van der Waals surface area (Å²) in [6.07, 6.45) is 0. The van der Waals surface area contributed by atoms with Gasteiger partial charge >= 0.3 is 0 Å². The van der Waals surface area contributed by atoms with E-state index in [9.17, 15) is 5.11 Å². The smallest absolute Gasteiger partial charge is 0.251 e. The summed E-state index contributed by atoms with van der Waals surface area (Å²) < 4.78 is 6.56. The SMILES string of the molecule is Oc1ccccc1-c1nnc(-c2ccc(Br)cc2)o1. The van der Waals surface area contributed by atoms with Crippen molar-refractivity contribution in [2.24, 2.45) is 0 Å². The first kappa shape index (κ1) is 11.9. The van der Waals surface area contributed by atoms with Gasteiger partial charge in [0.15, 0.2) is 0 Å². The summed E-state index contributed by atoms with van der Waals surface area (Å²) in [5, 5.41) is 17.7. The molecule has 5 heteroatoms. The van der Waals surface area contributed by atoms with Crippen molar-refractivity contribution in [2.45, 2.75) is 0 Å². The van der Waals surface area contributed by atoms with Gasteiger partial charge in [-0.3, -0.25) is 0 Å². The predicted molar refractivity (Wildman–Crippen MR) is 74.5 cm³/mol. The summed E-state index contributed by atoms with van der Waals surface area (Å²) in [6, 6.07) is 14.4. The molecule has 0 bridgehead atoms. The molecule has 94 valence electrons. The molecule has 1 heterocycles. The van der Waals surface area contributed by atoms with Crippen molar-refractivity contribution in [3.63, 3.8) is 0 Å². The van der Waals surface area contributed by atoms with Gasteiger partial charge in [0, 0.05) is 10.0 Å². The zero-order valence-electron chi connectivity index (χ0n) is 9.75. The quantitative estimate of drug-likeness (QED) is 0.779. The van der Waals surface area contributed by atoms with Crippen LogP contribution in [0.4, 0.5) is 0 Å². The number of halogens is 1. The topological polar surface area (TPSA) is 59.2 Å². The molecule has 4 nitrogen and oxygen atoms in total. The maximum absolute atomic E-state index is 9.75. The minimum Gasteiger partial charge on any atom is -0.507 e. The number of phenols is 1. The summed E-state index contributed by atoms with van der Waals surface area (Å²) in [4.78, 5) is 0. The monoisotopic (exact) mass is 316 g/mol. The minimum atomic E-state index is 0.119. The number of aromatic nitrogens is 2. The van der Waals surface area contributed by atoms with Crippen LogP contribution in [0.15, 0.2) is 57.4 Å². The Bertz CT molecular complexity index is 707. The molecule has 0 spiro atoms. The largest absolute Gasteiger partial charge is 0.507 e. The summed E-state index contributed by atoms with van der Waals surface area (Å²) in [5.74, 6) is 0.843. The van der Waals surface area contributed by atoms with Crippen molar-refractivity contribution >= 4 is 15.9 Å². The summed E-state index contributed by atoms with van der Waals surface area (Å²) >= 11 is 3.37. The Hall–Kier alpha value is -2.14. The molecule has 3 aromatic rings. The van der Waals surface area contributed by atoms with Gasteiger partial charge in [0.25, 0.3) is 5.89 Å². The van der Waals surface area contributed by atoms with E-state index in [-0.39, 0.29) is 5.75 Å². The molecule has 0 aliphatic carbocycles. The predicted octanol–water partition coefficient (Wildman–Crippen LogP) is 3.87. The molecule has 0 saturated heterocycles. The van der Waals surface area contributed by atoms with Crippen LogP contribution in [0.3, 0.4) is 0 Å². The van der Waals surface area contributed by atoms with Gasteiger partial charge in [-0.2, -0.15) is 0 Å². The molecule has 0 amide bonds. The lowest BCUT2D eigenvalue weighted by Crippen LogP contribution is -1.78. The Morgan fingerprint density at radius 2 is 1.58 bits per heavy atom. The molecule has 0 radical (unpaired) electrons. The third-order valence-corrected chi connectivity index (χ3v) is 3.18.